The highest BCUT2D eigenvalue weighted by Gasteiger charge is 2.17. The summed E-state index contributed by atoms with van der Waals surface area (Å²) in [6.07, 6.45) is 1.32. The van der Waals surface area contributed by atoms with E-state index in [1.807, 2.05) is 6.92 Å². The molecule has 0 aliphatic carbocycles. The van der Waals surface area contributed by atoms with Gasteiger partial charge in [-0.05, 0) is 24.6 Å². The van der Waals surface area contributed by atoms with Crippen molar-refractivity contribution in [1.29, 1.82) is 0 Å². The monoisotopic (exact) mass is 273 g/mol. The zero-order valence-electron chi connectivity index (χ0n) is 11.0. The minimum Gasteiger partial charge on any atom is -0.479 e. The van der Waals surface area contributed by atoms with Gasteiger partial charge in [0.2, 0.25) is 11.8 Å². The molecule has 3 aromatic rings. The highest BCUT2D eigenvalue weighted by Crippen LogP contribution is 2.27. The lowest BCUT2D eigenvalue weighted by Gasteiger charge is -2.07. The number of imidazole rings is 1. The van der Waals surface area contributed by atoms with Gasteiger partial charge < -0.3 is 10.5 Å². The number of anilines is 1. The number of hydrogen-bond donors (Lipinski definition) is 1. The van der Waals surface area contributed by atoms with E-state index in [9.17, 15) is 4.39 Å². The lowest BCUT2D eigenvalue weighted by Crippen LogP contribution is -2.04. The highest BCUT2D eigenvalue weighted by atomic mass is 19.1. The molecule has 1 aromatic carbocycles. The molecule has 0 atom stereocenters. The Labute approximate surface area is 114 Å². The first-order valence-corrected chi connectivity index (χ1v) is 5.91. The van der Waals surface area contributed by atoms with Crippen LogP contribution in [0.3, 0.4) is 0 Å². The van der Waals surface area contributed by atoms with Crippen molar-refractivity contribution in [3.8, 4) is 11.6 Å². The topological polar surface area (TPSA) is 78.8 Å². The Kier molecular flexibility index (Phi) is 2.74. The lowest BCUT2D eigenvalue weighted by atomic mass is 10.2. The van der Waals surface area contributed by atoms with Gasteiger partial charge in [0.25, 0.3) is 0 Å². The summed E-state index contributed by atoms with van der Waals surface area (Å²) in [7, 11) is 1.48. The predicted molar refractivity (Wildman–Crippen MR) is 72.3 cm³/mol. The predicted octanol–water partition coefficient (Wildman–Crippen LogP) is 1.85. The molecule has 0 saturated heterocycles. The molecule has 2 N–H and O–H groups in total. The van der Waals surface area contributed by atoms with Crippen molar-refractivity contribution in [2.75, 3.05) is 12.8 Å². The van der Waals surface area contributed by atoms with Crippen LogP contribution >= 0.6 is 0 Å². The minimum atomic E-state index is -0.395. The van der Waals surface area contributed by atoms with Crippen molar-refractivity contribution in [2.24, 2.45) is 0 Å². The largest absolute Gasteiger partial charge is 0.479 e. The summed E-state index contributed by atoms with van der Waals surface area (Å²) in [5.74, 6) is 0.0306. The third-order valence-corrected chi connectivity index (χ3v) is 2.97. The molecule has 0 aliphatic heterocycles. The van der Waals surface area contributed by atoms with Crippen LogP contribution in [0.2, 0.25) is 0 Å². The molecule has 0 amide bonds. The minimum absolute atomic E-state index is 0.126. The van der Waals surface area contributed by atoms with Crippen LogP contribution in [0.5, 0.6) is 5.88 Å². The van der Waals surface area contributed by atoms with Gasteiger partial charge in [-0.15, -0.1) is 0 Å². The standard InChI is InChI=1S/C13H12FN5O/c1-7-3-4-9(8(14)5-7)19-11-10(18-13(19)15)12(20-2)17-6-16-11/h3-6H,1-2H3,(H2,15,18). The number of nitrogens with two attached hydrogens (primary N) is 1. The molecule has 3 rings (SSSR count). The summed E-state index contributed by atoms with van der Waals surface area (Å²) in [6.45, 7) is 1.81. The van der Waals surface area contributed by atoms with Crippen LogP contribution in [-0.2, 0) is 0 Å². The number of methoxy groups -OCH3 is 1. The maximum Gasteiger partial charge on any atom is 0.245 e. The highest BCUT2D eigenvalue weighted by molar-refractivity contribution is 5.81. The van der Waals surface area contributed by atoms with Crippen molar-refractivity contribution in [3.05, 3.63) is 35.9 Å². The molecule has 0 fully saturated rings. The van der Waals surface area contributed by atoms with E-state index in [0.29, 0.717) is 17.0 Å². The van der Waals surface area contributed by atoms with Gasteiger partial charge in [-0.25, -0.2) is 14.4 Å². The van der Waals surface area contributed by atoms with Crippen LogP contribution < -0.4 is 10.5 Å². The second kappa shape index (κ2) is 4.44. The lowest BCUT2D eigenvalue weighted by molar-refractivity contribution is 0.401. The van der Waals surface area contributed by atoms with Crippen LogP contribution in [0.1, 0.15) is 5.56 Å². The summed E-state index contributed by atoms with van der Waals surface area (Å²) < 4.78 is 20.7. The smallest absolute Gasteiger partial charge is 0.245 e. The Morgan fingerprint density at radius 3 is 2.80 bits per heavy atom. The van der Waals surface area contributed by atoms with Gasteiger partial charge in [-0.3, -0.25) is 4.57 Å². The van der Waals surface area contributed by atoms with E-state index in [1.165, 1.54) is 24.1 Å². The quantitative estimate of drug-likeness (QED) is 0.771. The first kappa shape index (κ1) is 12.3. The van der Waals surface area contributed by atoms with Crippen molar-refractivity contribution in [2.45, 2.75) is 6.92 Å². The number of aromatic nitrogens is 4. The van der Waals surface area contributed by atoms with Gasteiger partial charge in [0.15, 0.2) is 11.2 Å². The third-order valence-electron chi connectivity index (χ3n) is 2.97. The SMILES string of the molecule is COc1ncnc2c1nc(N)n2-c1ccc(C)cc1F. The number of hydrogen-bond acceptors (Lipinski definition) is 5. The first-order valence-electron chi connectivity index (χ1n) is 5.91. The molecule has 0 aliphatic rings. The first-order chi connectivity index (χ1) is 9.61. The normalized spacial score (nSPS) is 10.9. The third kappa shape index (κ3) is 1.75. The summed E-state index contributed by atoms with van der Waals surface area (Å²) in [4.78, 5) is 12.2. The molecule has 6 nitrogen and oxygen atoms in total. The molecule has 2 aromatic heterocycles. The fourth-order valence-electron chi connectivity index (χ4n) is 2.07. The summed E-state index contributed by atoms with van der Waals surface area (Å²) in [6, 6.07) is 4.86. The molecule has 0 spiro atoms. The molecule has 0 bridgehead atoms. The van der Waals surface area contributed by atoms with Crippen LogP contribution in [0, 0.1) is 12.7 Å². The molecule has 0 radical (unpaired) electrons. The summed E-state index contributed by atoms with van der Waals surface area (Å²) in [5.41, 5.74) is 7.78. The number of halogens is 1. The molecule has 7 heteroatoms. The fourth-order valence-corrected chi connectivity index (χ4v) is 2.07. The molecule has 2 heterocycles. The molecule has 0 saturated carbocycles. The van der Waals surface area contributed by atoms with Gasteiger partial charge >= 0.3 is 0 Å². The van der Waals surface area contributed by atoms with Gasteiger partial charge in [-0.1, -0.05) is 6.07 Å². The second-order valence-electron chi connectivity index (χ2n) is 4.32. The number of fused-ring (bicyclic) bond motifs is 1. The Balaban J connectivity index is 2.34. The van der Waals surface area contributed by atoms with Gasteiger partial charge in [0.1, 0.15) is 12.1 Å². The van der Waals surface area contributed by atoms with E-state index in [1.54, 1.807) is 12.1 Å². The Morgan fingerprint density at radius 1 is 1.30 bits per heavy atom. The number of aryl methyl sites for hydroxylation is 1. The fraction of sp³-hybridized carbons (Fsp3) is 0.154. The zero-order valence-corrected chi connectivity index (χ0v) is 11.0. The molecule has 0 unspecified atom stereocenters. The maximum absolute atomic E-state index is 14.1. The van der Waals surface area contributed by atoms with Gasteiger partial charge in [-0.2, -0.15) is 4.98 Å². The number of ether oxygens (including phenoxy) is 1. The number of benzene rings is 1. The van der Waals surface area contributed by atoms with Gasteiger partial charge in [0.05, 0.1) is 12.8 Å². The van der Waals surface area contributed by atoms with Crippen LogP contribution in [0.4, 0.5) is 10.3 Å². The van der Waals surface area contributed by atoms with E-state index in [0.717, 1.165) is 5.56 Å². The average Bonchev–Trinajstić information content (AvgIpc) is 2.75. The Morgan fingerprint density at radius 2 is 2.10 bits per heavy atom. The average molecular weight is 273 g/mol. The Hall–Kier alpha value is -2.70. The van der Waals surface area contributed by atoms with E-state index in [-0.39, 0.29) is 11.6 Å². The van der Waals surface area contributed by atoms with Gasteiger partial charge in [0, 0.05) is 0 Å². The van der Waals surface area contributed by atoms with Crippen molar-refractivity contribution >= 4 is 17.1 Å². The zero-order chi connectivity index (χ0) is 14.3. The number of nitrogen functional groups attached to an aromatic ring is 1. The summed E-state index contributed by atoms with van der Waals surface area (Å²) >= 11 is 0. The van der Waals surface area contributed by atoms with Crippen molar-refractivity contribution in [1.82, 2.24) is 19.5 Å². The van der Waals surface area contributed by atoms with E-state index in [4.69, 9.17) is 10.5 Å². The van der Waals surface area contributed by atoms with E-state index < -0.39 is 5.82 Å². The number of nitrogens with zero attached hydrogens (tertiary/aromatic N) is 4. The number of rotatable bonds is 2. The summed E-state index contributed by atoms with van der Waals surface area (Å²) in [5, 5.41) is 0. The van der Waals surface area contributed by atoms with Crippen molar-refractivity contribution in [3.63, 3.8) is 0 Å². The van der Waals surface area contributed by atoms with E-state index in [2.05, 4.69) is 15.0 Å². The molecule has 20 heavy (non-hydrogen) atoms. The van der Waals surface area contributed by atoms with Crippen LogP contribution in [-0.4, -0.2) is 26.6 Å². The molecule has 102 valence electrons. The van der Waals surface area contributed by atoms with Crippen molar-refractivity contribution < 1.29 is 9.13 Å². The molecular formula is C13H12FN5O. The Bertz CT molecular complexity index is 799. The second-order valence-corrected chi connectivity index (χ2v) is 4.32. The van der Waals surface area contributed by atoms with Crippen LogP contribution in [0.25, 0.3) is 16.9 Å². The van der Waals surface area contributed by atoms with Crippen LogP contribution in [0.15, 0.2) is 24.5 Å². The molecular weight excluding hydrogens is 261 g/mol. The maximum atomic E-state index is 14.1. The van der Waals surface area contributed by atoms with E-state index >= 15 is 0 Å².